The van der Waals surface area contributed by atoms with Crippen LogP contribution in [-0.2, 0) is 65.4 Å². The lowest BCUT2D eigenvalue weighted by Crippen LogP contribution is -2.30. The maximum absolute atomic E-state index is 13.1. The zero-order valence-electron chi connectivity index (χ0n) is 63.4. The number of aliphatic hydroxyl groups is 1. The van der Waals surface area contributed by atoms with Crippen LogP contribution in [0.3, 0.4) is 0 Å². The molecule has 0 radical (unpaired) electrons. The first kappa shape index (κ1) is 95.1. The second-order valence-corrected chi connectivity index (χ2v) is 31.7. The highest BCUT2D eigenvalue weighted by molar-refractivity contribution is 7.47. The Bertz CT molecular complexity index is 1870. The molecule has 0 aliphatic rings. The molecule has 97 heavy (non-hydrogen) atoms. The maximum Gasteiger partial charge on any atom is 0.472 e. The Labute approximate surface area is 594 Å². The van der Waals surface area contributed by atoms with E-state index in [1.54, 1.807) is 0 Å². The molecule has 0 bridgehead atoms. The number of rotatable bonds is 77. The molecule has 0 spiro atoms. The summed E-state index contributed by atoms with van der Waals surface area (Å²) in [5.41, 5.74) is 0. The van der Waals surface area contributed by atoms with Gasteiger partial charge in [0.2, 0.25) is 0 Å². The molecule has 0 heterocycles. The van der Waals surface area contributed by atoms with Gasteiger partial charge in [0.1, 0.15) is 19.3 Å². The van der Waals surface area contributed by atoms with Crippen molar-refractivity contribution in [2.45, 2.75) is 426 Å². The van der Waals surface area contributed by atoms with Crippen molar-refractivity contribution >= 4 is 39.5 Å². The number of ether oxygens (including phenoxy) is 4. The smallest absolute Gasteiger partial charge is 0.462 e. The van der Waals surface area contributed by atoms with E-state index in [2.05, 4.69) is 41.5 Å². The Kier molecular flexibility index (Phi) is 68.4. The van der Waals surface area contributed by atoms with E-state index in [1.165, 1.54) is 218 Å². The van der Waals surface area contributed by atoms with Gasteiger partial charge in [-0.1, -0.05) is 356 Å². The van der Waals surface area contributed by atoms with Crippen LogP contribution in [0.2, 0.25) is 0 Å². The number of phosphoric acid groups is 2. The van der Waals surface area contributed by atoms with Gasteiger partial charge in [-0.3, -0.25) is 37.3 Å². The number of aliphatic hydroxyl groups excluding tert-OH is 1. The van der Waals surface area contributed by atoms with Crippen molar-refractivity contribution in [1.82, 2.24) is 0 Å². The lowest BCUT2D eigenvalue weighted by atomic mass is 9.99. The lowest BCUT2D eigenvalue weighted by molar-refractivity contribution is -0.161. The summed E-state index contributed by atoms with van der Waals surface area (Å²) in [4.78, 5) is 72.8. The number of carbonyl (C=O) groups is 4. The predicted molar refractivity (Wildman–Crippen MR) is 395 cm³/mol. The Morgan fingerprint density at radius 2 is 0.526 bits per heavy atom. The van der Waals surface area contributed by atoms with Gasteiger partial charge in [0, 0.05) is 25.7 Å². The molecule has 3 N–H and O–H groups in total. The summed E-state index contributed by atoms with van der Waals surface area (Å²) >= 11 is 0. The van der Waals surface area contributed by atoms with Crippen molar-refractivity contribution in [3.63, 3.8) is 0 Å². The van der Waals surface area contributed by atoms with Crippen LogP contribution in [-0.4, -0.2) is 96.7 Å². The van der Waals surface area contributed by atoms with Crippen LogP contribution in [0, 0.1) is 11.8 Å². The number of phosphoric ester groups is 2. The van der Waals surface area contributed by atoms with Crippen LogP contribution in [0.4, 0.5) is 0 Å². The Hall–Kier alpha value is -1.94. The zero-order valence-corrected chi connectivity index (χ0v) is 65.2. The first-order valence-electron chi connectivity index (χ1n) is 40.5. The summed E-state index contributed by atoms with van der Waals surface area (Å²) in [5, 5.41) is 10.6. The zero-order chi connectivity index (χ0) is 71.4. The highest BCUT2D eigenvalue weighted by atomic mass is 31.2. The van der Waals surface area contributed by atoms with Gasteiger partial charge < -0.3 is 33.8 Å². The Morgan fingerprint density at radius 3 is 0.784 bits per heavy atom. The van der Waals surface area contributed by atoms with E-state index in [4.69, 9.17) is 37.0 Å². The summed E-state index contributed by atoms with van der Waals surface area (Å²) in [5.74, 6) is -0.468. The average molecular weight is 1420 g/mol. The van der Waals surface area contributed by atoms with Gasteiger partial charge >= 0.3 is 39.5 Å². The fourth-order valence-corrected chi connectivity index (χ4v) is 13.6. The molecule has 0 fully saturated rings. The van der Waals surface area contributed by atoms with Crippen LogP contribution in [0.25, 0.3) is 0 Å². The van der Waals surface area contributed by atoms with Crippen molar-refractivity contribution < 1.29 is 80.2 Å². The minimum Gasteiger partial charge on any atom is -0.462 e. The summed E-state index contributed by atoms with van der Waals surface area (Å²) in [6.45, 7) is 9.67. The molecule has 0 aromatic carbocycles. The van der Waals surface area contributed by atoms with Crippen LogP contribution >= 0.6 is 15.6 Å². The molecule has 17 nitrogen and oxygen atoms in total. The molecule has 0 aromatic rings. The highest BCUT2D eigenvalue weighted by Crippen LogP contribution is 2.45. The van der Waals surface area contributed by atoms with Gasteiger partial charge in [-0.05, 0) is 37.5 Å². The molecule has 19 heteroatoms. The van der Waals surface area contributed by atoms with Crippen molar-refractivity contribution in [2.24, 2.45) is 11.8 Å². The lowest BCUT2D eigenvalue weighted by Gasteiger charge is -2.21. The standard InChI is InChI=1S/C78H152O17P2/c1-7-10-12-14-16-18-19-20-27-33-38-44-50-56-62-77(82)94-73(66-88-75(80)60-54-48-42-17-15-13-11-8-2)68-92-96(84,85)90-64-72(79)65-91-97(86,87)93-69-74(67-89-76(81)61-55-49-43-37-32-28-23-21-25-30-35-40-46-52-58-70(4)5)95-78(83)63-57-51-45-39-34-29-24-22-26-31-36-41-47-53-59-71(6)9-3/h70-74,79H,7-69H2,1-6H3,(H,84,85)(H,86,87)/t71?,72-,73+,74+/m0/s1. The Morgan fingerprint density at radius 1 is 0.299 bits per heavy atom. The van der Waals surface area contributed by atoms with Gasteiger partial charge in [-0.25, -0.2) is 9.13 Å². The van der Waals surface area contributed by atoms with Crippen LogP contribution < -0.4 is 0 Å². The quantitative estimate of drug-likeness (QED) is 0.0222. The van der Waals surface area contributed by atoms with Crippen LogP contribution in [0.5, 0.6) is 0 Å². The van der Waals surface area contributed by atoms with E-state index < -0.39 is 97.5 Å². The topological polar surface area (TPSA) is 237 Å². The molecule has 3 unspecified atom stereocenters. The van der Waals surface area contributed by atoms with Gasteiger partial charge in [-0.15, -0.1) is 0 Å². The fourth-order valence-electron chi connectivity index (χ4n) is 12.0. The summed E-state index contributed by atoms with van der Waals surface area (Å²) in [7, 11) is -9.91. The first-order chi connectivity index (χ1) is 46.9. The van der Waals surface area contributed by atoms with Crippen molar-refractivity contribution in [3.05, 3.63) is 0 Å². The van der Waals surface area contributed by atoms with Gasteiger partial charge in [0.25, 0.3) is 0 Å². The number of hydrogen-bond donors (Lipinski definition) is 3. The van der Waals surface area contributed by atoms with E-state index >= 15 is 0 Å². The number of carbonyl (C=O) groups excluding carboxylic acids is 4. The predicted octanol–water partition coefficient (Wildman–Crippen LogP) is 23.1. The third-order valence-corrected chi connectivity index (χ3v) is 20.5. The molecule has 0 aromatic heterocycles. The molecule has 0 saturated heterocycles. The monoisotopic (exact) mass is 1420 g/mol. The van der Waals surface area contributed by atoms with Crippen molar-refractivity contribution in [1.29, 1.82) is 0 Å². The van der Waals surface area contributed by atoms with Gasteiger partial charge in [0.05, 0.1) is 26.4 Å². The third kappa shape index (κ3) is 70.9. The minimum absolute atomic E-state index is 0.108. The number of esters is 4. The fraction of sp³-hybridized carbons (Fsp3) is 0.949. The summed E-state index contributed by atoms with van der Waals surface area (Å²) in [6, 6.07) is 0. The average Bonchev–Trinajstić information content (AvgIpc) is 1.24. The molecular formula is C78H152O17P2. The number of unbranched alkanes of at least 4 members (excludes halogenated alkanes) is 46. The van der Waals surface area contributed by atoms with Crippen LogP contribution in [0.15, 0.2) is 0 Å². The third-order valence-electron chi connectivity index (χ3n) is 18.6. The molecular weight excluding hydrogens is 1270 g/mol. The van der Waals surface area contributed by atoms with Crippen molar-refractivity contribution in [3.8, 4) is 0 Å². The molecule has 6 atom stereocenters. The number of hydrogen-bond acceptors (Lipinski definition) is 15. The SMILES string of the molecule is CCCCCCCCCCCCCCCCC(=O)O[C@H](COC(=O)CCCCCCCCCC)COP(=O)(O)OC[C@H](O)COP(=O)(O)OC[C@@H](COC(=O)CCCCCCCCCCCCCCCCC(C)C)OC(=O)CCCCCCCCCCCCCCCCC(C)CC. The molecule has 0 aliphatic carbocycles. The van der Waals surface area contributed by atoms with E-state index in [0.717, 1.165) is 108 Å². The molecule has 0 saturated carbocycles. The van der Waals surface area contributed by atoms with Crippen LogP contribution in [0.1, 0.15) is 408 Å². The second-order valence-electron chi connectivity index (χ2n) is 28.8. The molecule has 576 valence electrons. The van der Waals surface area contributed by atoms with Crippen molar-refractivity contribution in [2.75, 3.05) is 39.6 Å². The molecule has 0 rings (SSSR count). The summed E-state index contributed by atoms with van der Waals surface area (Å²) in [6.07, 6.45) is 58.2. The van der Waals surface area contributed by atoms with Gasteiger partial charge in [0.15, 0.2) is 12.2 Å². The largest absolute Gasteiger partial charge is 0.472 e. The van der Waals surface area contributed by atoms with Gasteiger partial charge in [-0.2, -0.15) is 0 Å². The highest BCUT2D eigenvalue weighted by Gasteiger charge is 2.30. The Balaban J connectivity index is 5.22. The minimum atomic E-state index is -4.96. The van der Waals surface area contributed by atoms with E-state index in [9.17, 15) is 43.2 Å². The second kappa shape index (κ2) is 69.8. The van der Waals surface area contributed by atoms with E-state index in [-0.39, 0.29) is 25.7 Å². The summed E-state index contributed by atoms with van der Waals surface area (Å²) < 4.78 is 68.6. The first-order valence-corrected chi connectivity index (χ1v) is 43.5. The van der Waals surface area contributed by atoms with E-state index in [1.807, 2.05) is 0 Å². The van der Waals surface area contributed by atoms with E-state index in [0.29, 0.717) is 25.7 Å². The normalized spacial score (nSPS) is 14.2. The molecule has 0 aliphatic heterocycles. The molecule has 0 amide bonds. The maximum atomic E-state index is 13.1.